The van der Waals surface area contributed by atoms with Crippen molar-refractivity contribution in [3.8, 4) is 0 Å². The molecule has 1 aromatic carbocycles. The molecule has 1 heterocycles. The molecule has 0 aliphatic carbocycles. The number of carbonyl (C=O) groups excluding carboxylic acids is 1. The van der Waals surface area contributed by atoms with Crippen LogP contribution in [0.3, 0.4) is 0 Å². The first-order chi connectivity index (χ1) is 7.25. The number of piperazine rings is 1. The molecule has 80 valence electrons. The molecule has 0 bridgehead atoms. The fraction of sp³-hybridized carbons (Fsp3) is 0.417. The van der Waals surface area contributed by atoms with Gasteiger partial charge in [0.25, 0.3) is 0 Å². The highest BCUT2D eigenvalue weighted by Gasteiger charge is 2.20. The average molecular weight is 204 g/mol. The van der Waals surface area contributed by atoms with Crippen LogP contribution >= 0.6 is 0 Å². The first kappa shape index (κ1) is 10.2. The molecule has 2 rings (SSSR count). The normalized spacial score (nSPS) is 21.1. The monoisotopic (exact) mass is 204 g/mol. The van der Waals surface area contributed by atoms with Gasteiger partial charge in [0.1, 0.15) is 0 Å². The Balaban J connectivity index is 2.01. The summed E-state index contributed by atoms with van der Waals surface area (Å²) < 4.78 is 0. The largest absolute Gasteiger partial charge is 0.353 e. The predicted octanol–water partition coefficient (Wildman–Crippen LogP) is 0.626. The number of nitrogens with one attached hydrogen (secondary N) is 2. The first-order valence-electron chi connectivity index (χ1n) is 5.32. The van der Waals surface area contributed by atoms with Crippen LogP contribution in [0.2, 0.25) is 0 Å². The topological polar surface area (TPSA) is 41.1 Å². The van der Waals surface area contributed by atoms with Crippen LogP contribution < -0.4 is 10.6 Å². The second-order valence-electron chi connectivity index (χ2n) is 3.99. The Hall–Kier alpha value is -1.35. The predicted molar refractivity (Wildman–Crippen MR) is 59.7 cm³/mol. The van der Waals surface area contributed by atoms with E-state index in [-0.39, 0.29) is 11.9 Å². The summed E-state index contributed by atoms with van der Waals surface area (Å²) in [5.74, 6) is 0.113. The Morgan fingerprint density at radius 3 is 2.67 bits per heavy atom. The minimum atomic E-state index is -0.0681. The Morgan fingerprint density at radius 2 is 2.00 bits per heavy atom. The molecule has 1 aliphatic rings. The van der Waals surface area contributed by atoms with E-state index in [4.69, 9.17) is 0 Å². The third kappa shape index (κ3) is 2.57. The summed E-state index contributed by atoms with van der Waals surface area (Å²) in [4.78, 5) is 11.5. The maximum absolute atomic E-state index is 11.5. The van der Waals surface area contributed by atoms with Gasteiger partial charge >= 0.3 is 0 Å². The van der Waals surface area contributed by atoms with Crippen molar-refractivity contribution >= 4 is 5.91 Å². The Bertz CT molecular complexity index is 345. The van der Waals surface area contributed by atoms with Crippen LogP contribution in [0.15, 0.2) is 24.3 Å². The molecule has 1 atom stereocenters. The van der Waals surface area contributed by atoms with Gasteiger partial charge in [0.2, 0.25) is 5.91 Å². The molecule has 1 saturated heterocycles. The van der Waals surface area contributed by atoms with Crippen molar-refractivity contribution in [3.63, 3.8) is 0 Å². The van der Waals surface area contributed by atoms with Crippen LogP contribution in [0.25, 0.3) is 0 Å². The third-order valence-electron chi connectivity index (χ3n) is 2.69. The average Bonchev–Trinajstić information content (AvgIpc) is 2.25. The summed E-state index contributed by atoms with van der Waals surface area (Å²) >= 11 is 0. The van der Waals surface area contributed by atoms with Gasteiger partial charge in [-0.05, 0) is 18.9 Å². The van der Waals surface area contributed by atoms with Crippen LogP contribution in [0.5, 0.6) is 0 Å². The highest BCUT2D eigenvalue weighted by atomic mass is 16.2. The number of carbonyl (C=O) groups is 1. The third-order valence-corrected chi connectivity index (χ3v) is 2.69. The highest BCUT2D eigenvalue weighted by molar-refractivity contribution is 5.82. The fourth-order valence-electron chi connectivity index (χ4n) is 1.77. The van der Waals surface area contributed by atoms with Crippen LogP contribution in [0, 0.1) is 6.92 Å². The molecule has 0 radical (unpaired) electrons. The van der Waals surface area contributed by atoms with Crippen LogP contribution in [-0.4, -0.2) is 25.0 Å². The van der Waals surface area contributed by atoms with Crippen molar-refractivity contribution in [2.75, 3.05) is 13.1 Å². The Morgan fingerprint density at radius 1 is 1.27 bits per heavy atom. The van der Waals surface area contributed by atoms with E-state index in [1.807, 2.05) is 0 Å². The number of benzene rings is 1. The van der Waals surface area contributed by atoms with Gasteiger partial charge < -0.3 is 10.6 Å². The molecule has 1 fully saturated rings. The van der Waals surface area contributed by atoms with E-state index >= 15 is 0 Å². The Labute approximate surface area is 89.9 Å². The smallest absolute Gasteiger partial charge is 0.237 e. The van der Waals surface area contributed by atoms with E-state index < -0.39 is 0 Å². The van der Waals surface area contributed by atoms with Crippen molar-refractivity contribution in [1.29, 1.82) is 0 Å². The summed E-state index contributed by atoms with van der Waals surface area (Å²) in [6, 6.07) is 8.26. The van der Waals surface area contributed by atoms with Crippen LogP contribution in [0.1, 0.15) is 11.1 Å². The molecule has 1 unspecified atom stereocenters. The van der Waals surface area contributed by atoms with Gasteiger partial charge in [0.15, 0.2) is 0 Å². The Kier molecular flexibility index (Phi) is 3.02. The zero-order valence-corrected chi connectivity index (χ0v) is 8.92. The quantitative estimate of drug-likeness (QED) is 0.741. The van der Waals surface area contributed by atoms with E-state index in [1.54, 1.807) is 0 Å². The highest BCUT2D eigenvalue weighted by Crippen LogP contribution is 2.07. The molecule has 0 saturated carbocycles. The van der Waals surface area contributed by atoms with Crippen molar-refractivity contribution in [3.05, 3.63) is 35.4 Å². The molecular formula is C12H16N2O. The maximum atomic E-state index is 11.5. The number of rotatable bonds is 2. The summed E-state index contributed by atoms with van der Waals surface area (Å²) in [7, 11) is 0. The first-order valence-corrected chi connectivity index (χ1v) is 5.32. The fourth-order valence-corrected chi connectivity index (χ4v) is 1.77. The lowest BCUT2D eigenvalue weighted by molar-refractivity contribution is -0.124. The van der Waals surface area contributed by atoms with Gasteiger partial charge in [-0.3, -0.25) is 4.79 Å². The zero-order valence-electron chi connectivity index (χ0n) is 8.92. The molecule has 0 aromatic heterocycles. The molecule has 1 aromatic rings. The molecule has 2 N–H and O–H groups in total. The van der Waals surface area contributed by atoms with Gasteiger partial charge in [-0.1, -0.05) is 29.8 Å². The lowest BCUT2D eigenvalue weighted by Crippen LogP contribution is -2.53. The van der Waals surface area contributed by atoms with Crippen LogP contribution in [-0.2, 0) is 11.2 Å². The molecule has 15 heavy (non-hydrogen) atoms. The van der Waals surface area contributed by atoms with Gasteiger partial charge in [0.05, 0.1) is 6.04 Å². The number of hydrogen-bond acceptors (Lipinski definition) is 2. The minimum absolute atomic E-state index is 0.0681. The molecular weight excluding hydrogens is 188 g/mol. The molecule has 0 spiro atoms. The number of amides is 1. The van der Waals surface area contributed by atoms with Crippen LogP contribution in [0.4, 0.5) is 0 Å². The van der Waals surface area contributed by atoms with E-state index in [2.05, 4.69) is 41.8 Å². The second kappa shape index (κ2) is 4.45. The van der Waals surface area contributed by atoms with E-state index in [0.717, 1.165) is 19.5 Å². The van der Waals surface area contributed by atoms with E-state index in [0.29, 0.717) is 0 Å². The van der Waals surface area contributed by atoms with E-state index in [9.17, 15) is 4.79 Å². The second-order valence-corrected chi connectivity index (χ2v) is 3.99. The van der Waals surface area contributed by atoms with Gasteiger partial charge in [0, 0.05) is 13.1 Å². The van der Waals surface area contributed by atoms with Crippen molar-refractivity contribution in [2.24, 2.45) is 0 Å². The van der Waals surface area contributed by atoms with Crippen molar-refractivity contribution in [2.45, 2.75) is 19.4 Å². The SMILES string of the molecule is Cc1ccc(CC2NCCNC2=O)cc1. The molecule has 1 aliphatic heterocycles. The van der Waals surface area contributed by atoms with Crippen molar-refractivity contribution in [1.82, 2.24) is 10.6 Å². The minimum Gasteiger partial charge on any atom is -0.353 e. The van der Waals surface area contributed by atoms with Gasteiger partial charge in [-0.2, -0.15) is 0 Å². The van der Waals surface area contributed by atoms with Gasteiger partial charge in [-0.15, -0.1) is 0 Å². The lowest BCUT2D eigenvalue weighted by atomic mass is 10.0. The molecule has 3 heteroatoms. The van der Waals surface area contributed by atoms with Crippen molar-refractivity contribution < 1.29 is 4.79 Å². The van der Waals surface area contributed by atoms with E-state index in [1.165, 1.54) is 11.1 Å². The molecule has 1 amide bonds. The zero-order chi connectivity index (χ0) is 10.7. The van der Waals surface area contributed by atoms with Gasteiger partial charge in [-0.25, -0.2) is 0 Å². The lowest BCUT2D eigenvalue weighted by Gasteiger charge is -2.23. The number of aryl methyl sites for hydroxylation is 1. The summed E-state index contributed by atoms with van der Waals surface area (Å²) in [5, 5.41) is 6.08. The summed E-state index contributed by atoms with van der Waals surface area (Å²) in [6.07, 6.45) is 0.770. The maximum Gasteiger partial charge on any atom is 0.237 e. The summed E-state index contributed by atoms with van der Waals surface area (Å²) in [6.45, 7) is 3.67. The standard InChI is InChI=1S/C12H16N2O/c1-9-2-4-10(5-3-9)8-11-12(15)14-7-6-13-11/h2-5,11,13H,6-8H2,1H3,(H,14,15). The summed E-state index contributed by atoms with van der Waals surface area (Å²) in [5.41, 5.74) is 2.45. The molecule has 3 nitrogen and oxygen atoms in total. The number of hydrogen-bond donors (Lipinski definition) is 2.